The van der Waals surface area contributed by atoms with E-state index in [2.05, 4.69) is 5.32 Å². The average molecular weight is 277 g/mol. The minimum atomic E-state index is -0.567. The third-order valence-corrected chi connectivity index (χ3v) is 3.86. The molecule has 0 aliphatic heterocycles. The van der Waals surface area contributed by atoms with Gasteiger partial charge in [0.05, 0.1) is 6.61 Å². The fraction of sp³-hybridized carbons (Fsp3) is 0.923. The molecule has 0 saturated carbocycles. The third kappa shape index (κ3) is 7.24. The molecule has 0 fully saturated rings. The van der Waals surface area contributed by atoms with Gasteiger partial charge in [0, 0.05) is 6.61 Å². The van der Waals surface area contributed by atoms with E-state index in [1.165, 1.54) is 0 Å². The standard InChI is InChI=1S/C13H27NO3S/c1-4-14-13(3,12(16)17-5-2)8-6-10-18-11-7-9-15/h14-15H,4-11H2,1-3H3. The van der Waals surface area contributed by atoms with Crippen molar-refractivity contribution >= 4 is 17.7 Å². The average Bonchev–Trinajstić information content (AvgIpc) is 2.34. The van der Waals surface area contributed by atoms with Crippen LogP contribution in [0.5, 0.6) is 0 Å². The van der Waals surface area contributed by atoms with E-state index in [1.807, 2.05) is 32.5 Å². The molecule has 0 radical (unpaired) electrons. The molecule has 0 aromatic carbocycles. The fourth-order valence-corrected chi connectivity index (χ4v) is 2.63. The summed E-state index contributed by atoms with van der Waals surface area (Å²) >= 11 is 1.82. The lowest BCUT2D eigenvalue weighted by molar-refractivity contribution is -0.150. The first kappa shape index (κ1) is 17.7. The molecule has 0 spiro atoms. The number of hydrogen-bond acceptors (Lipinski definition) is 5. The second-order valence-electron chi connectivity index (χ2n) is 4.38. The lowest BCUT2D eigenvalue weighted by Gasteiger charge is -2.28. The second-order valence-corrected chi connectivity index (χ2v) is 5.60. The van der Waals surface area contributed by atoms with Crippen LogP contribution in [-0.2, 0) is 9.53 Å². The number of nitrogens with one attached hydrogen (secondary N) is 1. The molecule has 4 nitrogen and oxygen atoms in total. The maximum Gasteiger partial charge on any atom is 0.326 e. The van der Waals surface area contributed by atoms with Crippen LogP contribution in [0, 0.1) is 0 Å². The number of aliphatic hydroxyl groups excluding tert-OH is 1. The largest absolute Gasteiger partial charge is 0.465 e. The first-order chi connectivity index (χ1) is 8.60. The molecule has 0 saturated heterocycles. The van der Waals surface area contributed by atoms with Crippen molar-refractivity contribution in [3.63, 3.8) is 0 Å². The Labute approximate surface area is 115 Å². The van der Waals surface area contributed by atoms with Crippen molar-refractivity contribution in [1.29, 1.82) is 0 Å². The summed E-state index contributed by atoms with van der Waals surface area (Å²) in [4.78, 5) is 11.9. The van der Waals surface area contributed by atoms with Crippen LogP contribution in [0.25, 0.3) is 0 Å². The van der Waals surface area contributed by atoms with Gasteiger partial charge in [0.2, 0.25) is 0 Å². The first-order valence-corrected chi connectivity index (χ1v) is 7.87. The van der Waals surface area contributed by atoms with Crippen LogP contribution in [0.3, 0.4) is 0 Å². The predicted molar refractivity (Wildman–Crippen MR) is 77.0 cm³/mol. The maximum absolute atomic E-state index is 11.9. The zero-order chi connectivity index (χ0) is 13.9. The van der Waals surface area contributed by atoms with Crippen molar-refractivity contribution in [3.05, 3.63) is 0 Å². The molecule has 0 bridgehead atoms. The smallest absolute Gasteiger partial charge is 0.326 e. The summed E-state index contributed by atoms with van der Waals surface area (Å²) in [5.41, 5.74) is -0.567. The van der Waals surface area contributed by atoms with Gasteiger partial charge in [-0.2, -0.15) is 11.8 Å². The van der Waals surface area contributed by atoms with Gasteiger partial charge in [0.1, 0.15) is 5.54 Å². The first-order valence-electron chi connectivity index (χ1n) is 6.71. The molecule has 0 amide bonds. The molecular formula is C13H27NO3S. The number of carbonyl (C=O) groups excluding carboxylic acids is 1. The Morgan fingerprint density at radius 3 is 2.56 bits per heavy atom. The summed E-state index contributed by atoms with van der Waals surface area (Å²) < 4.78 is 5.11. The molecule has 0 aliphatic rings. The number of hydrogen-bond donors (Lipinski definition) is 2. The van der Waals surface area contributed by atoms with E-state index in [-0.39, 0.29) is 12.6 Å². The molecule has 0 rings (SSSR count). The molecule has 2 N–H and O–H groups in total. The summed E-state index contributed by atoms with van der Waals surface area (Å²) in [5, 5.41) is 11.9. The van der Waals surface area contributed by atoms with Crippen LogP contribution in [0.4, 0.5) is 0 Å². The van der Waals surface area contributed by atoms with E-state index in [0.717, 1.165) is 37.3 Å². The molecule has 0 heterocycles. The van der Waals surface area contributed by atoms with E-state index < -0.39 is 5.54 Å². The summed E-state index contributed by atoms with van der Waals surface area (Å²) in [6.45, 7) is 7.17. The maximum atomic E-state index is 11.9. The number of ether oxygens (including phenoxy) is 1. The summed E-state index contributed by atoms with van der Waals surface area (Å²) in [6.07, 6.45) is 2.59. The van der Waals surface area contributed by atoms with Gasteiger partial charge >= 0.3 is 5.97 Å². The molecule has 0 aromatic rings. The molecule has 1 unspecified atom stereocenters. The monoisotopic (exact) mass is 277 g/mol. The van der Waals surface area contributed by atoms with Crippen molar-refractivity contribution in [2.45, 2.75) is 45.6 Å². The molecular weight excluding hydrogens is 250 g/mol. The van der Waals surface area contributed by atoms with Crippen LogP contribution >= 0.6 is 11.8 Å². The van der Waals surface area contributed by atoms with E-state index >= 15 is 0 Å². The quantitative estimate of drug-likeness (QED) is 0.445. The molecule has 5 heteroatoms. The molecule has 18 heavy (non-hydrogen) atoms. The van der Waals surface area contributed by atoms with Crippen molar-refractivity contribution in [2.75, 3.05) is 31.3 Å². The minimum absolute atomic E-state index is 0.160. The number of likely N-dealkylation sites (N-methyl/N-ethyl adjacent to an activating group) is 1. The Morgan fingerprint density at radius 2 is 2.00 bits per heavy atom. The van der Waals surface area contributed by atoms with Crippen LogP contribution in [0.15, 0.2) is 0 Å². The highest BCUT2D eigenvalue weighted by molar-refractivity contribution is 7.99. The van der Waals surface area contributed by atoms with Crippen LogP contribution in [-0.4, -0.2) is 47.9 Å². The van der Waals surface area contributed by atoms with Crippen molar-refractivity contribution in [1.82, 2.24) is 5.32 Å². The van der Waals surface area contributed by atoms with E-state index in [9.17, 15) is 4.79 Å². The van der Waals surface area contributed by atoms with Gasteiger partial charge in [-0.15, -0.1) is 0 Å². The van der Waals surface area contributed by atoms with Crippen molar-refractivity contribution in [3.8, 4) is 0 Å². The number of aliphatic hydroxyl groups is 1. The van der Waals surface area contributed by atoms with Crippen LogP contribution < -0.4 is 5.32 Å². The number of rotatable bonds is 11. The highest BCUT2D eigenvalue weighted by Gasteiger charge is 2.32. The highest BCUT2D eigenvalue weighted by Crippen LogP contribution is 2.17. The lowest BCUT2D eigenvalue weighted by atomic mass is 9.96. The van der Waals surface area contributed by atoms with Gasteiger partial charge in [-0.05, 0) is 51.2 Å². The summed E-state index contributed by atoms with van der Waals surface area (Å²) in [5.74, 6) is 1.83. The SMILES string of the molecule is CCNC(C)(CCCSCCCO)C(=O)OCC. The zero-order valence-electron chi connectivity index (χ0n) is 11.8. The normalized spacial score (nSPS) is 14.2. The Kier molecular flexibility index (Phi) is 10.5. The summed E-state index contributed by atoms with van der Waals surface area (Å²) in [6, 6.07) is 0. The topological polar surface area (TPSA) is 58.6 Å². The Balaban J connectivity index is 3.98. The Bertz CT molecular complexity index is 226. The molecule has 108 valence electrons. The second kappa shape index (κ2) is 10.6. The zero-order valence-corrected chi connectivity index (χ0v) is 12.6. The highest BCUT2D eigenvalue weighted by atomic mass is 32.2. The van der Waals surface area contributed by atoms with Gasteiger partial charge in [0.15, 0.2) is 0 Å². The fourth-order valence-electron chi connectivity index (χ4n) is 1.74. The number of carbonyl (C=O) groups is 1. The molecule has 0 aliphatic carbocycles. The van der Waals surface area contributed by atoms with Crippen molar-refractivity contribution in [2.24, 2.45) is 0 Å². The van der Waals surface area contributed by atoms with E-state index in [0.29, 0.717) is 6.61 Å². The van der Waals surface area contributed by atoms with E-state index in [1.54, 1.807) is 0 Å². The predicted octanol–water partition coefficient (Wildman–Crippen LogP) is 1.81. The molecule has 0 aromatic heterocycles. The Morgan fingerprint density at radius 1 is 1.33 bits per heavy atom. The molecule has 1 atom stereocenters. The number of esters is 1. The van der Waals surface area contributed by atoms with Gasteiger partial charge in [-0.3, -0.25) is 4.79 Å². The third-order valence-electron chi connectivity index (χ3n) is 2.71. The van der Waals surface area contributed by atoms with Gasteiger partial charge in [0.25, 0.3) is 0 Å². The van der Waals surface area contributed by atoms with Gasteiger partial charge in [-0.1, -0.05) is 6.92 Å². The minimum Gasteiger partial charge on any atom is -0.465 e. The Hall–Kier alpha value is -0.260. The lowest BCUT2D eigenvalue weighted by Crippen LogP contribution is -2.50. The summed E-state index contributed by atoms with van der Waals surface area (Å²) in [7, 11) is 0. The van der Waals surface area contributed by atoms with Crippen LogP contribution in [0.1, 0.15) is 40.0 Å². The van der Waals surface area contributed by atoms with Gasteiger partial charge < -0.3 is 15.2 Å². The van der Waals surface area contributed by atoms with Crippen LogP contribution in [0.2, 0.25) is 0 Å². The van der Waals surface area contributed by atoms with E-state index in [4.69, 9.17) is 9.84 Å². The number of thioether (sulfide) groups is 1. The van der Waals surface area contributed by atoms with Crippen molar-refractivity contribution < 1.29 is 14.6 Å². The van der Waals surface area contributed by atoms with Gasteiger partial charge in [-0.25, -0.2) is 0 Å².